The summed E-state index contributed by atoms with van der Waals surface area (Å²) in [6.45, 7) is 2.09. The maximum atomic E-state index is 11.1. The van der Waals surface area contributed by atoms with E-state index in [4.69, 9.17) is 5.11 Å². The van der Waals surface area contributed by atoms with Crippen LogP contribution in [0.3, 0.4) is 0 Å². The molecule has 0 spiro atoms. The maximum Gasteiger partial charge on any atom is 0.326 e. The second kappa shape index (κ2) is 7.49. The molecule has 0 aliphatic carbocycles. The van der Waals surface area contributed by atoms with E-state index in [1.165, 1.54) is 0 Å². The van der Waals surface area contributed by atoms with Crippen molar-refractivity contribution in [1.82, 2.24) is 5.32 Å². The summed E-state index contributed by atoms with van der Waals surface area (Å²) in [4.78, 5) is 11.1. The zero-order chi connectivity index (χ0) is 12.5. The molecule has 0 aliphatic heterocycles. The first-order valence-electron chi connectivity index (χ1n) is 5.91. The number of nitrogens with one attached hydrogen (secondary N) is 1. The van der Waals surface area contributed by atoms with Gasteiger partial charge in [0.2, 0.25) is 0 Å². The number of allylic oxidation sites excluding steroid dienone is 1. The van der Waals surface area contributed by atoms with Crippen molar-refractivity contribution in [3.63, 3.8) is 0 Å². The molecule has 1 atom stereocenters. The lowest BCUT2D eigenvalue weighted by Gasteiger charge is -2.12. The molecule has 3 nitrogen and oxygen atoms in total. The van der Waals surface area contributed by atoms with Gasteiger partial charge in [-0.3, -0.25) is 0 Å². The zero-order valence-corrected chi connectivity index (χ0v) is 10.1. The van der Waals surface area contributed by atoms with Crippen molar-refractivity contribution < 1.29 is 9.90 Å². The standard InChI is InChI=1S/C14H19NO2/c1-2-3-7-10-15-13(14(16)17)11-12-8-5-4-6-9-12/h4-10,13,15H,2-3,11H2,1H3,(H,16,17)/t13-/m0/s1. The monoisotopic (exact) mass is 233 g/mol. The summed E-state index contributed by atoms with van der Waals surface area (Å²) in [5.41, 5.74) is 1.02. The third kappa shape index (κ3) is 5.20. The van der Waals surface area contributed by atoms with Gasteiger partial charge in [-0.15, -0.1) is 0 Å². The van der Waals surface area contributed by atoms with Crippen molar-refractivity contribution in [2.45, 2.75) is 32.2 Å². The molecule has 0 unspecified atom stereocenters. The van der Waals surface area contributed by atoms with Crippen molar-refractivity contribution >= 4 is 5.97 Å². The van der Waals surface area contributed by atoms with Crippen molar-refractivity contribution in [2.75, 3.05) is 0 Å². The van der Waals surface area contributed by atoms with E-state index >= 15 is 0 Å². The summed E-state index contributed by atoms with van der Waals surface area (Å²) in [6, 6.07) is 9.07. The van der Waals surface area contributed by atoms with Crippen LogP contribution in [0.25, 0.3) is 0 Å². The number of aliphatic carboxylic acids is 1. The molecule has 1 rings (SSSR count). The number of benzene rings is 1. The quantitative estimate of drug-likeness (QED) is 0.761. The van der Waals surface area contributed by atoms with Crippen molar-refractivity contribution in [3.8, 4) is 0 Å². The topological polar surface area (TPSA) is 49.3 Å². The minimum atomic E-state index is -0.824. The molecular formula is C14H19NO2. The first kappa shape index (κ1) is 13.3. The number of hydrogen-bond acceptors (Lipinski definition) is 2. The predicted molar refractivity (Wildman–Crippen MR) is 68.8 cm³/mol. The molecule has 0 fully saturated rings. The Morgan fingerprint density at radius 3 is 2.71 bits per heavy atom. The Balaban J connectivity index is 2.52. The highest BCUT2D eigenvalue weighted by Crippen LogP contribution is 2.03. The minimum Gasteiger partial charge on any atom is -0.480 e. The van der Waals surface area contributed by atoms with Crippen LogP contribution in [0.4, 0.5) is 0 Å². The van der Waals surface area contributed by atoms with Crippen LogP contribution in [0.2, 0.25) is 0 Å². The van der Waals surface area contributed by atoms with Crippen LogP contribution >= 0.6 is 0 Å². The Kier molecular flexibility index (Phi) is 5.86. The van der Waals surface area contributed by atoms with Gasteiger partial charge in [-0.05, 0) is 18.2 Å². The van der Waals surface area contributed by atoms with Crippen LogP contribution in [0.1, 0.15) is 25.3 Å². The fraction of sp³-hybridized carbons (Fsp3) is 0.357. The second-order valence-electron chi connectivity index (χ2n) is 3.94. The molecule has 3 heteroatoms. The number of hydrogen-bond donors (Lipinski definition) is 2. The lowest BCUT2D eigenvalue weighted by molar-refractivity contribution is -0.139. The highest BCUT2D eigenvalue weighted by atomic mass is 16.4. The zero-order valence-electron chi connectivity index (χ0n) is 10.1. The molecule has 0 aliphatic rings. The highest BCUT2D eigenvalue weighted by Gasteiger charge is 2.15. The molecular weight excluding hydrogens is 214 g/mol. The van der Waals surface area contributed by atoms with Crippen LogP contribution in [0.5, 0.6) is 0 Å². The Hall–Kier alpha value is -1.77. The molecule has 1 aromatic carbocycles. The van der Waals surface area contributed by atoms with Crippen molar-refractivity contribution in [2.24, 2.45) is 0 Å². The molecule has 92 valence electrons. The molecule has 0 radical (unpaired) electrons. The summed E-state index contributed by atoms with van der Waals surface area (Å²) < 4.78 is 0. The molecule has 2 N–H and O–H groups in total. The smallest absolute Gasteiger partial charge is 0.326 e. The summed E-state index contributed by atoms with van der Waals surface area (Å²) in [5.74, 6) is -0.824. The summed E-state index contributed by atoms with van der Waals surface area (Å²) in [6.07, 6.45) is 6.22. The second-order valence-corrected chi connectivity index (χ2v) is 3.94. The maximum absolute atomic E-state index is 11.1. The van der Waals surface area contributed by atoms with Crippen LogP contribution in [-0.2, 0) is 11.2 Å². The first-order valence-corrected chi connectivity index (χ1v) is 5.91. The van der Waals surface area contributed by atoms with Crippen molar-refractivity contribution in [3.05, 3.63) is 48.2 Å². The molecule has 0 bridgehead atoms. The number of carboxylic acids is 1. The molecule has 0 amide bonds. The van der Waals surface area contributed by atoms with Gasteiger partial charge in [-0.1, -0.05) is 49.8 Å². The van der Waals surface area contributed by atoms with E-state index in [1.807, 2.05) is 36.4 Å². The normalized spacial score (nSPS) is 12.5. The number of carbonyl (C=O) groups is 1. The number of unbranched alkanes of at least 4 members (excludes halogenated alkanes) is 1. The Labute approximate surface area is 102 Å². The van der Waals surface area contributed by atoms with E-state index < -0.39 is 12.0 Å². The van der Waals surface area contributed by atoms with Crippen LogP contribution in [-0.4, -0.2) is 17.1 Å². The number of rotatable bonds is 7. The average molecular weight is 233 g/mol. The van der Waals surface area contributed by atoms with E-state index in [2.05, 4.69) is 12.2 Å². The first-order chi connectivity index (χ1) is 8.24. The Bertz CT molecular complexity index is 360. The van der Waals surface area contributed by atoms with E-state index in [1.54, 1.807) is 6.20 Å². The van der Waals surface area contributed by atoms with Gasteiger partial charge in [-0.2, -0.15) is 0 Å². The summed E-state index contributed by atoms with van der Waals surface area (Å²) in [7, 11) is 0. The van der Waals surface area contributed by atoms with E-state index in [-0.39, 0.29) is 0 Å². The SMILES string of the molecule is CCCC=CN[C@@H](Cc1ccccc1)C(=O)O. The van der Waals surface area contributed by atoms with Gasteiger partial charge >= 0.3 is 5.97 Å². The van der Waals surface area contributed by atoms with Gasteiger partial charge in [0.15, 0.2) is 0 Å². The predicted octanol–water partition coefficient (Wildman–Crippen LogP) is 2.59. The molecule has 0 saturated heterocycles. The summed E-state index contributed by atoms with van der Waals surface area (Å²) >= 11 is 0. The fourth-order valence-electron chi connectivity index (χ4n) is 1.50. The van der Waals surface area contributed by atoms with Gasteiger partial charge in [0, 0.05) is 6.42 Å². The molecule has 1 aromatic rings. The van der Waals surface area contributed by atoms with E-state index in [0.717, 1.165) is 18.4 Å². The van der Waals surface area contributed by atoms with Gasteiger partial charge in [0.05, 0.1) is 0 Å². The fourth-order valence-corrected chi connectivity index (χ4v) is 1.50. The van der Waals surface area contributed by atoms with Crippen LogP contribution < -0.4 is 5.32 Å². The van der Waals surface area contributed by atoms with Gasteiger partial charge in [0.25, 0.3) is 0 Å². The molecule has 0 saturated carbocycles. The van der Waals surface area contributed by atoms with Crippen molar-refractivity contribution in [1.29, 1.82) is 0 Å². The highest BCUT2D eigenvalue weighted by molar-refractivity contribution is 5.74. The average Bonchev–Trinajstić information content (AvgIpc) is 2.34. The van der Waals surface area contributed by atoms with Gasteiger partial charge < -0.3 is 10.4 Å². The minimum absolute atomic E-state index is 0.493. The molecule has 0 aromatic heterocycles. The van der Waals surface area contributed by atoms with E-state index in [9.17, 15) is 4.79 Å². The third-order valence-corrected chi connectivity index (χ3v) is 2.45. The lowest BCUT2D eigenvalue weighted by Crippen LogP contribution is -2.35. The van der Waals surface area contributed by atoms with Gasteiger partial charge in [0.1, 0.15) is 6.04 Å². The van der Waals surface area contributed by atoms with Crippen LogP contribution in [0.15, 0.2) is 42.6 Å². The molecule has 0 heterocycles. The Morgan fingerprint density at radius 1 is 1.41 bits per heavy atom. The Morgan fingerprint density at radius 2 is 2.12 bits per heavy atom. The van der Waals surface area contributed by atoms with Gasteiger partial charge in [-0.25, -0.2) is 4.79 Å². The lowest BCUT2D eigenvalue weighted by atomic mass is 10.1. The molecule has 17 heavy (non-hydrogen) atoms. The summed E-state index contributed by atoms with van der Waals surface area (Å²) in [5, 5.41) is 12.0. The number of carboxylic acid groups (broad SMARTS) is 1. The van der Waals surface area contributed by atoms with Crippen LogP contribution in [0, 0.1) is 0 Å². The van der Waals surface area contributed by atoms with E-state index in [0.29, 0.717) is 6.42 Å². The largest absolute Gasteiger partial charge is 0.480 e. The third-order valence-electron chi connectivity index (χ3n) is 2.45.